The van der Waals surface area contributed by atoms with E-state index in [0.717, 1.165) is 11.3 Å². The van der Waals surface area contributed by atoms with Gasteiger partial charge in [0.15, 0.2) is 0 Å². The molecular weight excluding hydrogens is 312 g/mol. The predicted molar refractivity (Wildman–Crippen MR) is 93.1 cm³/mol. The van der Waals surface area contributed by atoms with E-state index in [9.17, 15) is 4.79 Å². The van der Waals surface area contributed by atoms with Crippen LogP contribution in [0.3, 0.4) is 0 Å². The maximum atomic E-state index is 12.4. The molecule has 1 heterocycles. The third-order valence-corrected chi connectivity index (χ3v) is 4.95. The lowest BCUT2D eigenvalue weighted by Crippen LogP contribution is -2.28. The van der Waals surface area contributed by atoms with Gasteiger partial charge in [-0.15, -0.1) is 11.8 Å². The molecule has 0 unspecified atom stereocenters. The van der Waals surface area contributed by atoms with Crippen LogP contribution in [0.15, 0.2) is 42.5 Å². The number of thioether (sulfide) groups is 1. The predicted octanol–water partition coefficient (Wildman–Crippen LogP) is 3.06. The van der Waals surface area contributed by atoms with Gasteiger partial charge in [0.1, 0.15) is 16.9 Å². The highest BCUT2D eigenvalue weighted by atomic mass is 32.2. The van der Waals surface area contributed by atoms with E-state index in [4.69, 9.17) is 15.2 Å². The molecule has 1 fully saturated rings. The lowest BCUT2D eigenvalue weighted by molar-refractivity contribution is -0.115. The van der Waals surface area contributed by atoms with Crippen molar-refractivity contribution >= 4 is 29.0 Å². The number of ether oxygens (including phenoxy) is 2. The summed E-state index contributed by atoms with van der Waals surface area (Å²) in [5.74, 6) is 1.79. The number of carbonyl (C=O) groups excluding carboxylic acids is 1. The van der Waals surface area contributed by atoms with E-state index in [1.165, 1.54) is 0 Å². The van der Waals surface area contributed by atoms with Crippen molar-refractivity contribution in [2.75, 3.05) is 30.6 Å². The molecule has 1 saturated heterocycles. The van der Waals surface area contributed by atoms with Gasteiger partial charge in [-0.1, -0.05) is 12.1 Å². The summed E-state index contributed by atoms with van der Waals surface area (Å²) in [5.41, 5.74) is 8.24. The van der Waals surface area contributed by atoms with Gasteiger partial charge in [0.25, 0.3) is 0 Å². The Balaban J connectivity index is 2.01. The van der Waals surface area contributed by atoms with Crippen LogP contribution < -0.4 is 20.1 Å². The molecule has 1 aliphatic heterocycles. The van der Waals surface area contributed by atoms with Gasteiger partial charge >= 0.3 is 0 Å². The Morgan fingerprint density at radius 2 is 1.87 bits per heavy atom. The van der Waals surface area contributed by atoms with E-state index in [1.807, 2.05) is 36.4 Å². The van der Waals surface area contributed by atoms with Gasteiger partial charge in [-0.05, 0) is 29.8 Å². The molecule has 1 aliphatic rings. The fourth-order valence-corrected chi connectivity index (χ4v) is 3.74. The van der Waals surface area contributed by atoms with Crippen molar-refractivity contribution in [2.45, 2.75) is 5.37 Å². The molecule has 3 rings (SSSR count). The first kappa shape index (κ1) is 15.6. The average Bonchev–Trinajstić information content (AvgIpc) is 2.96. The Kier molecular flexibility index (Phi) is 4.34. The number of amides is 1. The molecule has 5 nitrogen and oxygen atoms in total. The van der Waals surface area contributed by atoms with Crippen LogP contribution in [0.5, 0.6) is 11.5 Å². The first-order valence-corrected chi connectivity index (χ1v) is 8.20. The molecule has 0 spiro atoms. The molecule has 2 aromatic carbocycles. The molecule has 1 atom stereocenters. The Morgan fingerprint density at radius 3 is 2.52 bits per heavy atom. The number of nitrogens with zero attached hydrogens (tertiary/aromatic N) is 1. The van der Waals surface area contributed by atoms with Gasteiger partial charge in [-0.2, -0.15) is 0 Å². The summed E-state index contributed by atoms with van der Waals surface area (Å²) in [5, 5.41) is -0.0922. The Morgan fingerprint density at radius 1 is 1.13 bits per heavy atom. The fraction of sp³-hybridized carbons (Fsp3) is 0.235. The van der Waals surface area contributed by atoms with Crippen LogP contribution in [-0.4, -0.2) is 25.9 Å². The zero-order chi connectivity index (χ0) is 16.4. The minimum Gasteiger partial charge on any atom is -0.497 e. The van der Waals surface area contributed by atoms with Gasteiger partial charge in [0.05, 0.1) is 25.7 Å². The Bertz CT molecular complexity index is 718. The highest BCUT2D eigenvalue weighted by Gasteiger charge is 2.35. The molecular formula is C17H18N2O3S. The van der Waals surface area contributed by atoms with Crippen molar-refractivity contribution in [3.8, 4) is 11.5 Å². The van der Waals surface area contributed by atoms with E-state index in [2.05, 4.69) is 0 Å². The van der Waals surface area contributed by atoms with Crippen molar-refractivity contribution in [3.05, 3.63) is 48.0 Å². The summed E-state index contributed by atoms with van der Waals surface area (Å²) in [6.45, 7) is 0. The highest BCUT2D eigenvalue weighted by Crippen LogP contribution is 2.45. The second-order valence-corrected chi connectivity index (χ2v) is 6.20. The molecule has 2 aromatic rings. The lowest BCUT2D eigenvalue weighted by Gasteiger charge is -2.26. The van der Waals surface area contributed by atoms with E-state index >= 15 is 0 Å². The van der Waals surface area contributed by atoms with Crippen molar-refractivity contribution in [1.82, 2.24) is 0 Å². The molecule has 0 bridgehead atoms. The van der Waals surface area contributed by atoms with Gasteiger partial charge in [-0.3, -0.25) is 9.69 Å². The average molecular weight is 330 g/mol. The minimum atomic E-state index is -0.0922. The summed E-state index contributed by atoms with van der Waals surface area (Å²) >= 11 is 1.59. The third kappa shape index (κ3) is 2.94. The number of rotatable bonds is 4. The van der Waals surface area contributed by atoms with E-state index in [1.54, 1.807) is 36.9 Å². The maximum absolute atomic E-state index is 12.4. The van der Waals surface area contributed by atoms with Crippen molar-refractivity contribution in [3.63, 3.8) is 0 Å². The minimum absolute atomic E-state index is 0.0558. The molecule has 0 aliphatic carbocycles. The topological polar surface area (TPSA) is 64.8 Å². The van der Waals surface area contributed by atoms with Crippen LogP contribution >= 0.6 is 11.8 Å². The Labute approximate surface area is 139 Å². The zero-order valence-corrected chi connectivity index (χ0v) is 13.8. The van der Waals surface area contributed by atoms with E-state index < -0.39 is 0 Å². The van der Waals surface area contributed by atoms with Crippen molar-refractivity contribution < 1.29 is 14.3 Å². The van der Waals surface area contributed by atoms with Gasteiger partial charge in [-0.25, -0.2) is 0 Å². The SMILES string of the molecule is COc1ccc(N2C(=O)CS[C@H]2c2ccc(N)cc2)c(OC)c1. The van der Waals surface area contributed by atoms with Crippen molar-refractivity contribution in [1.29, 1.82) is 0 Å². The molecule has 6 heteroatoms. The number of carbonyl (C=O) groups is 1. The number of nitrogen functional groups attached to an aromatic ring is 1. The molecule has 0 radical (unpaired) electrons. The second-order valence-electron chi connectivity index (χ2n) is 5.13. The van der Waals surface area contributed by atoms with E-state index in [0.29, 0.717) is 22.9 Å². The van der Waals surface area contributed by atoms with Gasteiger partial charge in [0, 0.05) is 11.8 Å². The second kappa shape index (κ2) is 6.42. The first-order valence-electron chi connectivity index (χ1n) is 7.15. The van der Waals surface area contributed by atoms with Gasteiger partial charge in [0.2, 0.25) is 5.91 Å². The fourth-order valence-electron chi connectivity index (χ4n) is 2.58. The number of benzene rings is 2. The third-order valence-electron chi connectivity index (χ3n) is 3.74. The lowest BCUT2D eigenvalue weighted by atomic mass is 10.1. The number of nitrogens with two attached hydrogens (primary N) is 1. The largest absolute Gasteiger partial charge is 0.497 e. The molecule has 120 valence electrons. The summed E-state index contributed by atoms with van der Waals surface area (Å²) in [4.78, 5) is 14.2. The standard InChI is InChI=1S/C17H18N2O3S/c1-21-13-7-8-14(15(9-13)22-2)19-16(20)10-23-17(19)11-3-5-12(18)6-4-11/h3-9,17H,10,18H2,1-2H3/t17-/m0/s1. The highest BCUT2D eigenvalue weighted by molar-refractivity contribution is 8.00. The summed E-state index contributed by atoms with van der Waals surface area (Å²) in [6, 6.07) is 13.1. The maximum Gasteiger partial charge on any atom is 0.238 e. The molecule has 2 N–H and O–H groups in total. The van der Waals surface area contributed by atoms with Crippen LogP contribution in [0, 0.1) is 0 Å². The van der Waals surface area contributed by atoms with Crippen molar-refractivity contribution in [2.24, 2.45) is 0 Å². The molecule has 0 saturated carbocycles. The quantitative estimate of drug-likeness (QED) is 0.873. The zero-order valence-electron chi connectivity index (χ0n) is 13.0. The number of anilines is 2. The smallest absolute Gasteiger partial charge is 0.238 e. The molecule has 0 aromatic heterocycles. The van der Waals surface area contributed by atoms with Gasteiger partial charge < -0.3 is 15.2 Å². The van der Waals surface area contributed by atoms with Crippen LogP contribution in [0.1, 0.15) is 10.9 Å². The Hall–Kier alpha value is -2.34. The van der Waals surface area contributed by atoms with E-state index in [-0.39, 0.29) is 11.3 Å². The molecule has 23 heavy (non-hydrogen) atoms. The van der Waals surface area contributed by atoms with Crippen LogP contribution in [0.4, 0.5) is 11.4 Å². The summed E-state index contributed by atoms with van der Waals surface area (Å²) in [7, 11) is 3.19. The van der Waals surface area contributed by atoms with Crippen LogP contribution in [-0.2, 0) is 4.79 Å². The normalized spacial score (nSPS) is 17.4. The molecule has 1 amide bonds. The summed E-state index contributed by atoms with van der Waals surface area (Å²) in [6.07, 6.45) is 0. The monoisotopic (exact) mass is 330 g/mol. The first-order chi connectivity index (χ1) is 11.1. The number of methoxy groups -OCH3 is 2. The summed E-state index contributed by atoms with van der Waals surface area (Å²) < 4.78 is 10.7. The van der Waals surface area contributed by atoms with Crippen LogP contribution in [0.2, 0.25) is 0 Å². The number of hydrogen-bond donors (Lipinski definition) is 1. The number of hydrogen-bond acceptors (Lipinski definition) is 5. The van der Waals surface area contributed by atoms with Crippen LogP contribution in [0.25, 0.3) is 0 Å².